The summed E-state index contributed by atoms with van der Waals surface area (Å²) in [6.45, 7) is 3.94. The Hall–Kier alpha value is -0.280. The van der Waals surface area contributed by atoms with E-state index in [1.165, 1.54) is 0 Å². The summed E-state index contributed by atoms with van der Waals surface area (Å²) in [6, 6.07) is 0.309. The molecule has 0 aromatic heterocycles. The molecule has 0 aromatic rings. The minimum absolute atomic E-state index is 0. The molecule has 3 nitrogen and oxygen atoms in total. The lowest BCUT2D eigenvalue weighted by Gasteiger charge is -2.36. The molecule has 15 heavy (non-hydrogen) atoms. The van der Waals surface area contributed by atoms with Crippen molar-refractivity contribution in [2.24, 2.45) is 17.6 Å². The third kappa shape index (κ3) is 2.85. The van der Waals surface area contributed by atoms with Gasteiger partial charge in [0.05, 0.1) is 0 Å². The number of rotatable bonds is 2. The molecule has 2 N–H and O–H groups in total. The first-order chi connectivity index (χ1) is 6.72. The Kier molecular flexibility index (Phi) is 4.41. The maximum atomic E-state index is 11.8. The summed E-state index contributed by atoms with van der Waals surface area (Å²) in [4.78, 5) is 13.9. The van der Waals surface area contributed by atoms with E-state index in [1.807, 2.05) is 4.90 Å². The highest BCUT2D eigenvalue weighted by molar-refractivity contribution is 5.85. The van der Waals surface area contributed by atoms with Crippen LogP contribution >= 0.6 is 12.4 Å². The summed E-state index contributed by atoms with van der Waals surface area (Å²) < 4.78 is 0. The number of likely N-dealkylation sites (tertiary alicyclic amines) is 1. The molecule has 2 unspecified atom stereocenters. The van der Waals surface area contributed by atoms with Gasteiger partial charge >= 0.3 is 0 Å². The number of nitrogens with two attached hydrogens (primary N) is 1. The van der Waals surface area contributed by atoms with Crippen molar-refractivity contribution in [2.75, 3.05) is 13.1 Å². The smallest absolute Gasteiger partial charge is 0.225 e. The Morgan fingerprint density at radius 3 is 2.60 bits per heavy atom. The monoisotopic (exact) mass is 232 g/mol. The van der Waals surface area contributed by atoms with Crippen LogP contribution in [0.4, 0.5) is 0 Å². The van der Waals surface area contributed by atoms with Crippen molar-refractivity contribution in [2.45, 2.75) is 38.6 Å². The number of amides is 1. The van der Waals surface area contributed by atoms with Gasteiger partial charge in [-0.05, 0) is 25.2 Å². The molecular weight excluding hydrogens is 212 g/mol. The molecule has 2 rings (SSSR count). The molecule has 4 heteroatoms. The third-order valence-electron chi connectivity index (χ3n) is 3.56. The standard InChI is InChI=1S/C11H20N2O.ClH/c1-2-8-7-13(6-5-10(8)12)11(14)9-3-4-9;/h8-10H,2-7,12H2,1H3;1H. The maximum absolute atomic E-state index is 11.8. The van der Waals surface area contributed by atoms with Gasteiger partial charge in [-0.25, -0.2) is 0 Å². The molecule has 0 radical (unpaired) electrons. The predicted molar refractivity (Wildman–Crippen MR) is 62.9 cm³/mol. The zero-order valence-corrected chi connectivity index (χ0v) is 10.1. The first-order valence-electron chi connectivity index (χ1n) is 5.76. The Morgan fingerprint density at radius 2 is 2.07 bits per heavy atom. The van der Waals surface area contributed by atoms with E-state index in [4.69, 9.17) is 5.73 Å². The Morgan fingerprint density at radius 1 is 1.40 bits per heavy atom. The zero-order chi connectivity index (χ0) is 10.1. The molecule has 2 fully saturated rings. The van der Waals surface area contributed by atoms with Gasteiger partial charge in [0.2, 0.25) is 5.91 Å². The molecule has 0 bridgehead atoms. The van der Waals surface area contributed by atoms with Crippen LogP contribution in [0.25, 0.3) is 0 Å². The van der Waals surface area contributed by atoms with Crippen molar-refractivity contribution in [3.63, 3.8) is 0 Å². The molecule has 1 aliphatic carbocycles. The number of piperidine rings is 1. The fourth-order valence-corrected chi connectivity index (χ4v) is 2.27. The molecule has 2 atom stereocenters. The van der Waals surface area contributed by atoms with E-state index < -0.39 is 0 Å². The first kappa shape index (κ1) is 12.8. The second-order valence-corrected chi connectivity index (χ2v) is 4.68. The van der Waals surface area contributed by atoms with Crippen molar-refractivity contribution in [1.29, 1.82) is 0 Å². The van der Waals surface area contributed by atoms with E-state index >= 15 is 0 Å². The van der Waals surface area contributed by atoms with Gasteiger partial charge in [-0.1, -0.05) is 13.3 Å². The van der Waals surface area contributed by atoms with Crippen LogP contribution in [0.15, 0.2) is 0 Å². The summed E-state index contributed by atoms with van der Waals surface area (Å²) in [7, 11) is 0. The number of carbonyl (C=O) groups excluding carboxylic acids is 1. The minimum atomic E-state index is 0. The van der Waals surface area contributed by atoms with Crippen molar-refractivity contribution in [1.82, 2.24) is 4.90 Å². The van der Waals surface area contributed by atoms with Crippen LogP contribution in [0.3, 0.4) is 0 Å². The number of nitrogens with zero attached hydrogens (tertiary/aromatic N) is 1. The van der Waals surface area contributed by atoms with E-state index in [2.05, 4.69) is 6.92 Å². The Bertz CT molecular complexity index is 231. The molecule has 1 saturated heterocycles. The zero-order valence-electron chi connectivity index (χ0n) is 9.32. The Balaban J connectivity index is 0.00000112. The van der Waals surface area contributed by atoms with Gasteiger partial charge in [0.25, 0.3) is 0 Å². The topological polar surface area (TPSA) is 46.3 Å². The molecule has 0 spiro atoms. The summed E-state index contributed by atoms with van der Waals surface area (Å²) in [5, 5.41) is 0. The number of carbonyl (C=O) groups is 1. The predicted octanol–water partition coefficient (Wildman–Crippen LogP) is 1.40. The van der Waals surface area contributed by atoms with Crippen LogP contribution in [0.2, 0.25) is 0 Å². The highest BCUT2D eigenvalue weighted by Gasteiger charge is 2.36. The lowest BCUT2D eigenvalue weighted by Crippen LogP contribution is -2.49. The van der Waals surface area contributed by atoms with E-state index in [0.717, 1.165) is 38.8 Å². The van der Waals surface area contributed by atoms with Crippen LogP contribution in [-0.2, 0) is 4.79 Å². The van der Waals surface area contributed by atoms with Gasteiger partial charge in [0, 0.05) is 25.0 Å². The molecule has 2 aliphatic rings. The highest BCUT2D eigenvalue weighted by Crippen LogP contribution is 2.32. The van der Waals surface area contributed by atoms with Gasteiger partial charge in [-0.3, -0.25) is 4.79 Å². The lowest BCUT2D eigenvalue weighted by molar-refractivity contribution is -0.134. The van der Waals surface area contributed by atoms with Crippen molar-refractivity contribution >= 4 is 18.3 Å². The highest BCUT2D eigenvalue weighted by atomic mass is 35.5. The summed E-state index contributed by atoms with van der Waals surface area (Å²) in [5.41, 5.74) is 6.01. The molecule has 1 heterocycles. The fraction of sp³-hybridized carbons (Fsp3) is 0.909. The van der Waals surface area contributed by atoms with E-state index in [1.54, 1.807) is 0 Å². The summed E-state index contributed by atoms with van der Waals surface area (Å²) >= 11 is 0. The van der Waals surface area contributed by atoms with Gasteiger partial charge in [-0.2, -0.15) is 0 Å². The van der Waals surface area contributed by atoms with Crippen LogP contribution in [-0.4, -0.2) is 29.9 Å². The number of hydrogen-bond donors (Lipinski definition) is 1. The van der Waals surface area contributed by atoms with Crippen LogP contribution in [0.5, 0.6) is 0 Å². The summed E-state index contributed by atoms with van der Waals surface area (Å²) in [6.07, 6.45) is 4.29. The summed E-state index contributed by atoms with van der Waals surface area (Å²) in [5.74, 6) is 1.27. The second kappa shape index (κ2) is 5.17. The number of hydrogen-bond acceptors (Lipinski definition) is 2. The van der Waals surface area contributed by atoms with Crippen LogP contribution in [0.1, 0.15) is 32.6 Å². The van der Waals surface area contributed by atoms with Crippen LogP contribution < -0.4 is 5.73 Å². The maximum Gasteiger partial charge on any atom is 0.225 e. The second-order valence-electron chi connectivity index (χ2n) is 4.68. The first-order valence-corrected chi connectivity index (χ1v) is 5.76. The van der Waals surface area contributed by atoms with Gasteiger partial charge in [0.1, 0.15) is 0 Å². The van der Waals surface area contributed by atoms with E-state index in [0.29, 0.717) is 23.8 Å². The van der Waals surface area contributed by atoms with Gasteiger partial charge in [0.15, 0.2) is 0 Å². The normalized spacial score (nSPS) is 30.9. The van der Waals surface area contributed by atoms with Crippen molar-refractivity contribution in [3.05, 3.63) is 0 Å². The van der Waals surface area contributed by atoms with Crippen LogP contribution in [0, 0.1) is 11.8 Å². The molecule has 88 valence electrons. The Labute approximate surface area is 97.8 Å². The average Bonchev–Trinajstić information content (AvgIpc) is 3.01. The third-order valence-corrected chi connectivity index (χ3v) is 3.56. The molecule has 1 saturated carbocycles. The molecule has 1 amide bonds. The van der Waals surface area contributed by atoms with Gasteiger partial charge < -0.3 is 10.6 Å². The molecular formula is C11H21ClN2O. The SMILES string of the molecule is CCC1CN(C(=O)C2CC2)CCC1N.Cl. The van der Waals surface area contributed by atoms with E-state index in [9.17, 15) is 4.79 Å². The quantitative estimate of drug-likeness (QED) is 0.783. The molecule has 1 aliphatic heterocycles. The van der Waals surface area contributed by atoms with E-state index in [-0.39, 0.29) is 12.4 Å². The minimum Gasteiger partial charge on any atom is -0.342 e. The average molecular weight is 233 g/mol. The fourth-order valence-electron chi connectivity index (χ4n) is 2.27. The largest absolute Gasteiger partial charge is 0.342 e. The molecule has 0 aromatic carbocycles. The lowest BCUT2D eigenvalue weighted by atomic mass is 9.90. The van der Waals surface area contributed by atoms with Crippen molar-refractivity contribution in [3.8, 4) is 0 Å². The van der Waals surface area contributed by atoms with Crippen molar-refractivity contribution < 1.29 is 4.79 Å². The number of halogens is 1. The van der Waals surface area contributed by atoms with Gasteiger partial charge in [-0.15, -0.1) is 12.4 Å².